The second-order valence-corrected chi connectivity index (χ2v) is 6.52. The van der Waals surface area contributed by atoms with Gasteiger partial charge in [0.25, 0.3) is 0 Å². The minimum Gasteiger partial charge on any atom is -0.486 e. The van der Waals surface area contributed by atoms with Crippen LogP contribution < -0.4 is 14.8 Å². The predicted molar refractivity (Wildman–Crippen MR) is 94.9 cm³/mol. The molecule has 6 heteroatoms. The number of hydrogen-bond donors (Lipinski definition) is 1. The van der Waals surface area contributed by atoms with Gasteiger partial charge in [-0.3, -0.25) is 4.79 Å². The Morgan fingerprint density at radius 2 is 2.00 bits per heavy atom. The largest absolute Gasteiger partial charge is 0.486 e. The number of ether oxygens (including phenoxy) is 2. The highest BCUT2D eigenvalue weighted by atomic mass is 19.1. The first-order chi connectivity index (χ1) is 12.7. The molecule has 2 aliphatic rings. The summed E-state index contributed by atoms with van der Waals surface area (Å²) >= 11 is 0. The lowest BCUT2D eigenvalue weighted by atomic mass is 10.0. The molecule has 0 aliphatic carbocycles. The van der Waals surface area contributed by atoms with Crippen LogP contribution in [0.4, 0.5) is 4.39 Å². The van der Waals surface area contributed by atoms with Crippen LogP contribution in [0.3, 0.4) is 0 Å². The van der Waals surface area contributed by atoms with E-state index < -0.39 is 0 Å². The zero-order valence-corrected chi connectivity index (χ0v) is 14.4. The summed E-state index contributed by atoms with van der Waals surface area (Å²) in [4.78, 5) is 14.8. The van der Waals surface area contributed by atoms with E-state index in [0.29, 0.717) is 37.8 Å². The predicted octanol–water partition coefficient (Wildman–Crippen LogP) is 2.31. The molecule has 0 bridgehead atoms. The SMILES string of the molecule is O=C(Cc1ccc2c(c1)OCCO2)N1CCNCC1c1cccc(F)c1. The Bertz CT molecular complexity index is 811. The zero-order chi connectivity index (χ0) is 17.9. The molecule has 2 aromatic rings. The van der Waals surface area contributed by atoms with Crippen molar-refractivity contribution in [1.82, 2.24) is 10.2 Å². The number of fused-ring (bicyclic) bond motifs is 1. The van der Waals surface area contributed by atoms with Crippen LogP contribution >= 0.6 is 0 Å². The number of hydrogen-bond acceptors (Lipinski definition) is 4. The maximum Gasteiger partial charge on any atom is 0.227 e. The fraction of sp³-hybridized carbons (Fsp3) is 0.350. The van der Waals surface area contributed by atoms with Gasteiger partial charge in [-0.2, -0.15) is 0 Å². The van der Waals surface area contributed by atoms with E-state index in [1.54, 1.807) is 6.07 Å². The van der Waals surface area contributed by atoms with Crippen molar-refractivity contribution in [1.29, 1.82) is 0 Å². The van der Waals surface area contributed by atoms with Crippen molar-refractivity contribution in [3.05, 3.63) is 59.4 Å². The van der Waals surface area contributed by atoms with Gasteiger partial charge in [0, 0.05) is 19.6 Å². The summed E-state index contributed by atoms with van der Waals surface area (Å²) in [5.41, 5.74) is 1.70. The molecule has 1 fully saturated rings. The Morgan fingerprint density at radius 3 is 2.85 bits per heavy atom. The number of piperazine rings is 1. The molecule has 1 unspecified atom stereocenters. The van der Waals surface area contributed by atoms with E-state index in [1.807, 2.05) is 29.2 Å². The monoisotopic (exact) mass is 356 g/mol. The lowest BCUT2D eigenvalue weighted by Gasteiger charge is -2.36. The molecular formula is C20H21FN2O3. The van der Waals surface area contributed by atoms with Gasteiger partial charge in [0.15, 0.2) is 11.5 Å². The van der Waals surface area contributed by atoms with Crippen molar-refractivity contribution in [2.24, 2.45) is 0 Å². The van der Waals surface area contributed by atoms with E-state index in [-0.39, 0.29) is 24.2 Å². The van der Waals surface area contributed by atoms with Gasteiger partial charge in [0.05, 0.1) is 12.5 Å². The van der Waals surface area contributed by atoms with Crippen molar-refractivity contribution in [3.8, 4) is 11.5 Å². The summed E-state index contributed by atoms with van der Waals surface area (Å²) in [6, 6.07) is 11.9. The van der Waals surface area contributed by atoms with Gasteiger partial charge in [-0.1, -0.05) is 18.2 Å². The second kappa shape index (κ2) is 7.33. The van der Waals surface area contributed by atoms with Crippen LogP contribution in [0.5, 0.6) is 11.5 Å². The van der Waals surface area contributed by atoms with Gasteiger partial charge in [-0.05, 0) is 35.4 Å². The van der Waals surface area contributed by atoms with E-state index in [1.165, 1.54) is 12.1 Å². The summed E-state index contributed by atoms with van der Waals surface area (Å²) in [7, 11) is 0. The van der Waals surface area contributed by atoms with Crippen molar-refractivity contribution in [3.63, 3.8) is 0 Å². The van der Waals surface area contributed by atoms with Crippen LogP contribution in [0.25, 0.3) is 0 Å². The summed E-state index contributed by atoms with van der Waals surface area (Å²) in [5.74, 6) is 1.14. The minimum absolute atomic E-state index is 0.0254. The van der Waals surface area contributed by atoms with Crippen LogP contribution in [0.1, 0.15) is 17.2 Å². The number of amides is 1. The van der Waals surface area contributed by atoms with Crippen molar-refractivity contribution >= 4 is 5.91 Å². The van der Waals surface area contributed by atoms with Gasteiger partial charge in [-0.15, -0.1) is 0 Å². The highest BCUT2D eigenvalue weighted by Crippen LogP contribution is 2.31. The Kier molecular flexibility index (Phi) is 4.75. The molecule has 2 aromatic carbocycles. The molecule has 5 nitrogen and oxygen atoms in total. The van der Waals surface area contributed by atoms with E-state index in [9.17, 15) is 9.18 Å². The van der Waals surface area contributed by atoms with Crippen molar-refractivity contribution in [2.45, 2.75) is 12.5 Å². The zero-order valence-electron chi connectivity index (χ0n) is 14.4. The highest BCUT2D eigenvalue weighted by molar-refractivity contribution is 5.79. The molecule has 1 amide bonds. The molecule has 0 spiro atoms. The lowest BCUT2D eigenvalue weighted by Crippen LogP contribution is -2.49. The molecular weight excluding hydrogens is 335 g/mol. The average Bonchev–Trinajstić information content (AvgIpc) is 2.68. The van der Waals surface area contributed by atoms with Crippen molar-refractivity contribution in [2.75, 3.05) is 32.8 Å². The number of halogens is 1. The highest BCUT2D eigenvalue weighted by Gasteiger charge is 2.28. The molecule has 1 atom stereocenters. The Hall–Kier alpha value is -2.60. The summed E-state index contributed by atoms with van der Waals surface area (Å²) < 4.78 is 24.7. The van der Waals surface area contributed by atoms with Crippen LogP contribution in [0.2, 0.25) is 0 Å². The van der Waals surface area contributed by atoms with E-state index in [4.69, 9.17) is 9.47 Å². The Balaban J connectivity index is 1.52. The average molecular weight is 356 g/mol. The minimum atomic E-state index is -0.285. The molecule has 2 aliphatic heterocycles. The van der Waals surface area contributed by atoms with Crippen LogP contribution in [-0.2, 0) is 11.2 Å². The number of carbonyl (C=O) groups excluding carboxylic acids is 1. The Morgan fingerprint density at radius 1 is 1.15 bits per heavy atom. The van der Waals surface area contributed by atoms with E-state index >= 15 is 0 Å². The van der Waals surface area contributed by atoms with Gasteiger partial charge < -0.3 is 19.7 Å². The third kappa shape index (κ3) is 3.51. The first kappa shape index (κ1) is 16.8. The molecule has 0 saturated carbocycles. The molecule has 136 valence electrons. The Labute approximate surface area is 151 Å². The van der Waals surface area contributed by atoms with Gasteiger partial charge in [0.1, 0.15) is 19.0 Å². The summed E-state index contributed by atoms with van der Waals surface area (Å²) in [5, 5.41) is 3.29. The number of rotatable bonds is 3. The van der Waals surface area contributed by atoms with Gasteiger partial charge in [-0.25, -0.2) is 4.39 Å². The normalized spacial score (nSPS) is 19.3. The maximum absolute atomic E-state index is 13.6. The fourth-order valence-corrected chi connectivity index (χ4v) is 3.49. The first-order valence-corrected chi connectivity index (χ1v) is 8.85. The summed E-state index contributed by atoms with van der Waals surface area (Å²) in [6.45, 7) is 3.02. The third-order valence-corrected chi connectivity index (χ3v) is 4.76. The quantitative estimate of drug-likeness (QED) is 0.917. The second-order valence-electron chi connectivity index (χ2n) is 6.52. The number of nitrogens with one attached hydrogen (secondary N) is 1. The lowest BCUT2D eigenvalue weighted by molar-refractivity contribution is -0.133. The summed E-state index contributed by atoms with van der Waals surface area (Å²) in [6.07, 6.45) is 0.280. The van der Waals surface area contributed by atoms with Crippen LogP contribution in [-0.4, -0.2) is 43.7 Å². The standard InChI is InChI=1S/C20H21FN2O3/c21-16-3-1-2-15(12-16)17-13-22-6-7-23(17)20(24)11-14-4-5-18-19(10-14)26-9-8-25-18/h1-5,10,12,17,22H,6-9,11,13H2. The number of carbonyl (C=O) groups is 1. The molecule has 1 saturated heterocycles. The van der Waals surface area contributed by atoms with Gasteiger partial charge in [0.2, 0.25) is 5.91 Å². The molecule has 4 rings (SSSR count). The fourth-order valence-electron chi connectivity index (χ4n) is 3.49. The molecule has 0 aromatic heterocycles. The van der Waals surface area contributed by atoms with E-state index in [0.717, 1.165) is 17.7 Å². The maximum atomic E-state index is 13.6. The molecule has 1 N–H and O–H groups in total. The topological polar surface area (TPSA) is 50.8 Å². The van der Waals surface area contributed by atoms with Crippen LogP contribution in [0.15, 0.2) is 42.5 Å². The smallest absolute Gasteiger partial charge is 0.227 e. The molecule has 0 radical (unpaired) electrons. The van der Waals surface area contributed by atoms with Crippen LogP contribution in [0, 0.1) is 5.82 Å². The van der Waals surface area contributed by atoms with E-state index in [2.05, 4.69) is 5.32 Å². The third-order valence-electron chi connectivity index (χ3n) is 4.76. The van der Waals surface area contributed by atoms with Crippen molar-refractivity contribution < 1.29 is 18.7 Å². The molecule has 2 heterocycles. The molecule has 26 heavy (non-hydrogen) atoms. The first-order valence-electron chi connectivity index (χ1n) is 8.85. The number of benzene rings is 2. The van der Waals surface area contributed by atoms with Gasteiger partial charge >= 0.3 is 0 Å². The number of nitrogens with zero attached hydrogens (tertiary/aromatic N) is 1.